The predicted molar refractivity (Wildman–Crippen MR) is 202 cm³/mol. The Bertz CT molecular complexity index is 2050. The molecule has 0 radical (unpaired) electrons. The summed E-state index contributed by atoms with van der Waals surface area (Å²) in [4.78, 5) is 41.2. The second-order valence-electron chi connectivity index (χ2n) is 13.0. The lowest BCUT2D eigenvalue weighted by molar-refractivity contribution is -0.152. The van der Waals surface area contributed by atoms with Crippen LogP contribution in [0.25, 0.3) is 0 Å². The van der Waals surface area contributed by atoms with Gasteiger partial charge in [-0.15, -0.1) is 0 Å². The first-order valence-electron chi connectivity index (χ1n) is 17.6. The summed E-state index contributed by atoms with van der Waals surface area (Å²) in [6.45, 7) is 1.41. The summed E-state index contributed by atoms with van der Waals surface area (Å²) in [5, 5.41) is 0. The van der Waals surface area contributed by atoms with Gasteiger partial charge in [-0.3, -0.25) is 0 Å². The Morgan fingerprint density at radius 1 is 0.519 bits per heavy atom. The Balaban J connectivity index is 1.32. The van der Waals surface area contributed by atoms with E-state index in [4.69, 9.17) is 23.7 Å². The predicted octanol–water partition coefficient (Wildman–Crippen LogP) is 8.42. The van der Waals surface area contributed by atoms with Crippen molar-refractivity contribution in [3.05, 3.63) is 215 Å². The van der Waals surface area contributed by atoms with E-state index in [1.807, 2.05) is 91.0 Å². The van der Waals surface area contributed by atoms with Gasteiger partial charge in [0.1, 0.15) is 11.7 Å². The van der Waals surface area contributed by atoms with Crippen molar-refractivity contribution in [2.45, 2.75) is 36.6 Å². The van der Waals surface area contributed by atoms with Crippen molar-refractivity contribution in [1.82, 2.24) is 0 Å². The zero-order valence-corrected chi connectivity index (χ0v) is 29.5. The molecule has 1 aliphatic heterocycles. The Labute approximate surface area is 313 Å². The van der Waals surface area contributed by atoms with Crippen LogP contribution < -0.4 is 0 Å². The molecule has 1 fully saturated rings. The average molecular weight is 719 g/mol. The summed E-state index contributed by atoms with van der Waals surface area (Å²) >= 11 is 0. The van der Waals surface area contributed by atoms with Gasteiger partial charge >= 0.3 is 17.9 Å². The van der Waals surface area contributed by atoms with Gasteiger partial charge in [0.05, 0.1) is 23.3 Å². The van der Waals surface area contributed by atoms with Crippen LogP contribution in [-0.4, -0.2) is 48.6 Å². The summed E-state index contributed by atoms with van der Waals surface area (Å²) in [6, 6.07) is 54.6. The quantitative estimate of drug-likeness (QED) is 0.0707. The highest BCUT2D eigenvalue weighted by molar-refractivity contribution is 5.91. The minimum Gasteiger partial charge on any atom is -0.449 e. The van der Waals surface area contributed by atoms with Gasteiger partial charge in [-0.05, 0) is 60.0 Å². The molecule has 0 N–H and O–H groups in total. The Morgan fingerprint density at radius 3 is 1.28 bits per heavy atom. The molecule has 1 saturated heterocycles. The van der Waals surface area contributed by atoms with Gasteiger partial charge in [-0.2, -0.15) is 0 Å². The van der Waals surface area contributed by atoms with Gasteiger partial charge in [-0.25, -0.2) is 14.4 Å². The highest BCUT2D eigenvalue weighted by Crippen LogP contribution is 2.44. The number of esters is 3. The highest BCUT2D eigenvalue weighted by Gasteiger charge is 2.61. The molecule has 0 aliphatic carbocycles. The van der Waals surface area contributed by atoms with E-state index in [1.54, 1.807) is 97.9 Å². The highest BCUT2D eigenvalue weighted by atomic mass is 16.8. The van der Waals surface area contributed by atoms with E-state index in [9.17, 15) is 14.4 Å². The van der Waals surface area contributed by atoms with Crippen LogP contribution in [0.4, 0.5) is 0 Å². The van der Waals surface area contributed by atoms with E-state index >= 15 is 0 Å². The van der Waals surface area contributed by atoms with E-state index in [1.165, 1.54) is 0 Å². The molecule has 0 bridgehead atoms. The number of rotatable bonds is 12. The lowest BCUT2D eigenvalue weighted by atomic mass is 9.80. The van der Waals surface area contributed by atoms with Crippen LogP contribution in [0.3, 0.4) is 0 Å². The molecule has 1 unspecified atom stereocenters. The Hall–Kier alpha value is -6.35. The largest absolute Gasteiger partial charge is 0.449 e. The summed E-state index contributed by atoms with van der Waals surface area (Å²) in [6.07, 6.45) is -4.03. The molecule has 0 saturated carbocycles. The number of carbonyl (C=O) groups is 3. The zero-order valence-electron chi connectivity index (χ0n) is 29.5. The standard InChI is InChI=1S/C46H38O8/c1-45(54-43(49)35-24-12-4-13-25-35)39(32-50-46(36-26-14-5-15-27-36,37-28-16-6-17-29-37)38-30-18-7-19-31-38)51-44(53-42(48)34-22-10-3-11-23-34)40(45)52-41(47)33-20-8-2-9-21-33/h2-31,39-40,44H,32H2,1H3/t39-,40?,44-,45-/m1/s1. The van der Waals surface area contributed by atoms with Crippen molar-refractivity contribution in [2.24, 2.45) is 0 Å². The van der Waals surface area contributed by atoms with Gasteiger partial charge in [0.2, 0.25) is 12.4 Å². The number of benzene rings is 6. The van der Waals surface area contributed by atoms with E-state index in [2.05, 4.69) is 0 Å². The molecule has 0 spiro atoms. The molecule has 8 nitrogen and oxygen atoms in total. The third-order valence-electron chi connectivity index (χ3n) is 9.54. The lowest BCUT2D eigenvalue weighted by Gasteiger charge is -2.39. The van der Waals surface area contributed by atoms with Crippen molar-refractivity contribution < 1.29 is 38.1 Å². The maximum atomic E-state index is 13.9. The molecule has 8 heteroatoms. The van der Waals surface area contributed by atoms with Crippen LogP contribution in [-0.2, 0) is 29.3 Å². The van der Waals surface area contributed by atoms with Crippen molar-refractivity contribution in [1.29, 1.82) is 0 Å². The van der Waals surface area contributed by atoms with Gasteiger partial charge in [0.25, 0.3) is 0 Å². The minimum absolute atomic E-state index is 0.198. The third-order valence-corrected chi connectivity index (χ3v) is 9.54. The Morgan fingerprint density at radius 2 is 0.870 bits per heavy atom. The fraction of sp³-hybridized carbons (Fsp3) is 0.152. The number of ether oxygens (including phenoxy) is 5. The first-order chi connectivity index (χ1) is 26.4. The van der Waals surface area contributed by atoms with Crippen molar-refractivity contribution in [3.8, 4) is 0 Å². The first-order valence-corrected chi connectivity index (χ1v) is 17.6. The monoisotopic (exact) mass is 718 g/mol. The maximum absolute atomic E-state index is 13.9. The maximum Gasteiger partial charge on any atom is 0.340 e. The summed E-state index contributed by atoms with van der Waals surface area (Å²) in [7, 11) is 0. The second kappa shape index (κ2) is 16.1. The lowest BCUT2D eigenvalue weighted by Crippen LogP contribution is -2.53. The van der Waals surface area contributed by atoms with Crippen LogP contribution in [0.2, 0.25) is 0 Å². The van der Waals surface area contributed by atoms with Gasteiger partial charge in [-0.1, -0.05) is 146 Å². The molecule has 1 aliphatic rings. The average Bonchev–Trinajstić information content (AvgIpc) is 3.48. The molecule has 0 amide bonds. The molecule has 4 atom stereocenters. The molecule has 7 rings (SSSR count). The molecule has 0 aromatic heterocycles. The molecule has 270 valence electrons. The van der Waals surface area contributed by atoms with E-state index in [0.717, 1.165) is 16.7 Å². The van der Waals surface area contributed by atoms with Gasteiger partial charge in [0, 0.05) is 0 Å². The number of carbonyl (C=O) groups excluding carboxylic acids is 3. The van der Waals surface area contributed by atoms with Crippen LogP contribution >= 0.6 is 0 Å². The topological polar surface area (TPSA) is 97.4 Å². The summed E-state index contributed by atoms with van der Waals surface area (Å²) < 4.78 is 32.1. The summed E-state index contributed by atoms with van der Waals surface area (Å²) in [5.41, 5.74) is 0.365. The van der Waals surface area contributed by atoms with Crippen LogP contribution in [0.15, 0.2) is 182 Å². The summed E-state index contributed by atoms with van der Waals surface area (Å²) in [5.74, 6) is -2.13. The van der Waals surface area contributed by atoms with Crippen molar-refractivity contribution >= 4 is 17.9 Å². The fourth-order valence-corrected chi connectivity index (χ4v) is 6.72. The van der Waals surface area contributed by atoms with Crippen LogP contribution in [0, 0.1) is 0 Å². The van der Waals surface area contributed by atoms with E-state index in [-0.39, 0.29) is 23.3 Å². The molecule has 6 aromatic carbocycles. The molecular formula is C46H38O8. The van der Waals surface area contributed by atoms with Crippen molar-refractivity contribution in [2.75, 3.05) is 6.61 Å². The fourth-order valence-electron chi connectivity index (χ4n) is 6.72. The Kier molecular flexibility index (Phi) is 10.8. The molecule has 54 heavy (non-hydrogen) atoms. The normalized spacial score (nSPS) is 19.4. The SMILES string of the molecule is C[C@]1(OC(=O)c2ccccc2)C(OC(=O)c2ccccc2)[C@@H](OC(=O)c2ccccc2)O[C@@H]1COC(c1ccccc1)(c1ccccc1)c1ccccc1. The number of hydrogen-bond acceptors (Lipinski definition) is 8. The van der Waals surface area contributed by atoms with Gasteiger partial charge in [0.15, 0.2) is 5.60 Å². The second-order valence-corrected chi connectivity index (χ2v) is 13.0. The van der Waals surface area contributed by atoms with Crippen LogP contribution in [0.5, 0.6) is 0 Å². The molecule has 6 aromatic rings. The van der Waals surface area contributed by atoms with E-state index in [0.29, 0.717) is 0 Å². The van der Waals surface area contributed by atoms with E-state index < -0.39 is 47.6 Å². The molecule has 1 heterocycles. The number of hydrogen-bond donors (Lipinski definition) is 0. The van der Waals surface area contributed by atoms with Crippen molar-refractivity contribution in [3.63, 3.8) is 0 Å². The zero-order chi connectivity index (χ0) is 37.4. The third kappa shape index (κ3) is 7.43. The smallest absolute Gasteiger partial charge is 0.340 e. The van der Waals surface area contributed by atoms with Gasteiger partial charge < -0.3 is 23.7 Å². The molecular weight excluding hydrogens is 680 g/mol. The van der Waals surface area contributed by atoms with Crippen LogP contribution in [0.1, 0.15) is 54.7 Å². The first kappa shape index (κ1) is 36.0. The minimum atomic E-state index is -1.74.